The van der Waals surface area contributed by atoms with Gasteiger partial charge in [0.05, 0.1) is 35.4 Å². The minimum atomic E-state index is -4.87. The maximum Gasteiger partial charge on any atom is 0.417 e. The highest BCUT2D eigenvalue weighted by Gasteiger charge is 2.45. The first-order chi connectivity index (χ1) is 19.3. The molecule has 220 valence electrons. The molecule has 0 radical (unpaired) electrons. The van der Waals surface area contributed by atoms with Crippen LogP contribution in [0.15, 0.2) is 59.5 Å². The van der Waals surface area contributed by atoms with Gasteiger partial charge in [-0.05, 0) is 64.1 Å². The van der Waals surface area contributed by atoms with Crippen molar-refractivity contribution in [3.8, 4) is 11.4 Å². The van der Waals surface area contributed by atoms with Gasteiger partial charge in [-0.3, -0.25) is 0 Å². The molecule has 1 aliphatic heterocycles. The fourth-order valence-electron chi connectivity index (χ4n) is 4.47. The quantitative estimate of drug-likeness (QED) is 0.387. The van der Waals surface area contributed by atoms with Crippen molar-refractivity contribution in [1.82, 2.24) is 15.3 Å². The van der Waals surface area contributed by atoms with Crippen LogP contribution in [0.5, 0.6) is 0 Å². The number of hydrogen-bond donors (Lipinski definition) is 2. The molecule has 0 bridgehead atoms. The molecule has 0 spiro atoms. The van der Waals surface area contributed by atoms with Crippen LogP contribution in [0.1, 0.15) is 39.0 Å². The largest absolute Gasteiger partial charge is 0.417 e. The minimum Gasteiger partial charge on any atom is -0.377 e. The smallest absolute Gasteiger partial charge is 0.377 e. The summed E-state index contributed by atoms with van der Waals surface area (Å²) < 4.78 is 72.9. The van der Waals surface area contributed by atoms with Gasteiger partial charge in [-0.1, -0.05) is 12.1 Å². The van der Waals surface area contributed by atoms with Crippen molar-refractivity contribution in [2.45, 2.75) is 49.6 Å². The van der Waals surface area contributed by atoms with Crippen LogP contribution in [0.2, 0.25) is 0 Å². The number of rotatable bonds is 7. The molecule has 1 saturated heterocycles. The molecule has 1 aromatic heterocycles. The summed E-state index contributed by atoms with van der Waals surface area (Å²) in [5.41, 5.74) is -0.152. The lowest BCUT2D eigenvalue weighted by Crippen LogP contribution is -2.44. The van der Waals surface area contributed by atoms with Crippen LogP contribution in [0.3, 0.4) is 0 Å². The van der Waals surface area contributed by atoms with Gasteiger partial charge in [0.2, 0.25) is 0 Å². The van der Waals surface area contributed by atoms with Crippen LogP contribution in [0, 0.1) is 0 Å². The van der Waals surface area contributed by atoms with E-state index < -0.39 is 31.2 Å². The SMILES string of the molecule is CCNC(=O)Nc1ccc(-c2nc(N3CCOC[C@@H]3C)cc(C(C)(C)S(=O)(=O)c3ccccc3C(F)(F)F)n2)cc1. The number of amides is 2. The van der Waals surface area contributed by atoms with E-state index in [1.54, 1.807) is 31.2 Å². The van der Waals surface area contributed by atoms with Crippen LogP contribution >= 0.6 is 0 Å². The van der Waals surface area contributed by atoms with Crippen LogP contribution in [-0.4, -0.2) is 56.8 Å². The molecule has 2 N–H and O–H groups in total. The number of carbonyl (C=O) groups excluding carboxylic acids is 1. The Morgan fingerprint density at radius 1 is 1.10 bits per heavy atom. The third kappa shape index (κ3) is 6.30. The molecular weight excluding hydrogens is 559 g/mol. The molecule has 2 aromatic carbocycles. The van der Waals surface area contributed by atoms with Crippen LogP contribution < -0.4 is 15.5 Å². The van der Waals surface area contributed by atoms with Gasteiger partial charge in [0.15, 0.2) is 15.7 Å². The number of urea groups is 1. The van der Waals surface area contributed by atoms with E-state index in [9.17, 15) is 26.4 Å². The van der Waals surface area contributed by atoms with Crippen molar-refractivity contribution < 1.29 is 31.1 Å². The Balaban J connectivity index is 1.83. The van der Waals surface area contributed by atoms with Gasteiger partial charge in [-0.15, -0.1) is 0 Å². The highest BCUT2D eigenvalue weighted by Crippen LogP contribution is 2.41. The Morgan fingerprint density at radius 2 is 1.78 bits per heavy atom. The summed E-state index contributed by atoms with van der Waals surface area (Å²) in [6.07, 6.45) is -4.87. The fourth-order valence-corrected chi connectivity index (χ4v) is 6.13. The van der Waals surface area contributed by atoms with Crippen molar-refractivity contribution in [2.24, 2.45) is 0 Å². The number of nitrogens with one attached hydrogen (secondary N) is 2. The second kappa shape index (κ2) is 11.6. The van der Waals surface area contributed by atoms with E-state index in [2.05, 4.69) is 15.6 Å². The lowest BCUT2D eigenvalue weighted by Gasteiger charge is -2.35. The van der Waals surface area contributed by atoms with Gasteiger partial charge < -0.3 is 20.3 Å². The average Bonchev–Trinajstić information content (AvgIpc) is 2.93. The summed E-state index contributed by atoms with van der Waals surface area (Å²) in [6.45, 7) is 8.21. The van der Waals surface area contributed by atoms with Crippen molar-refractivity contribution in [3.05, 3.63) is 65.9 Å². The Morgan fingerprint density at radius 3 is 2.41 bits per heavy atom. The summed E-state index contributed by atoms with van der Waals surface area (Å²) in [5, 5.41) is 5.33. The number of halogens is 3. The number of hydrogen-bond acceptors (Lipinski definition) is 7. The summed E-state index contributed by atoms with van der Waals surface area (Å²) in [6, 6.07) is 11.9. The first-order valence-electron chi connectivity index (χ1n) is 13.1. The first-order valence-corrected chi connectivity index (χ1v) is 14.5. The molecule has 9 nitrogen and oxygen atoms in total. The highest BCUT2D eigenvalue weighted by atomic mass is 32.2. The number of ether oxygens (including phenoxy) is 1. The molecule has 1 aliphatic rings. The molecular formula is C28H32F3N5O4S. The Kier molecular flexibility index (Phi) is 8.59. The number of anilines is 2. The topological polar surface area (TPSA) is 114 Å². The zero-order chi connectivity index (χ0) is 30.0. The van der Waals surface area contributed by atoms with E-state index >= 15 is 0 Å². The Bertz CT molecular complexity index is 1510. The predicted octanol–water partition coefficient (Wildman–Crippen LogP) is 5.24. The zero-order valence-electron chi connectivity index (χ0n) is 23.1. The number of carbonyl (C=O) groups is 1. The molecule has 4 rings (SSSR count). The van der Waals surface area contributed by atoms with Crippen molar-refractivity contribution in [1.29, 1.82) is 0 Å². The van der Waals surface area contributed by atoms with Crippen molar-refractivity contribution in [3.63, 3.8) is 0 Å². The van der Waals surface area contributed by atoms with Gasteiger partial charge in [-0.25, -0.2) is 23.2 Å². The van der Waals surface area contributed by atoms with E-state index in [0.717, 1.165) is 18.2 Å². The molecule has 13 heteroatoms. The first kappa shape index (κ1) is 30.3. The number of aromatic nitrogens is 2. The molecule has 2 heterocycles. The number of nitrogens with zero attached hydrogens (tertiary/aromatic N) is 3. The van der Waals surface area contributed by atoms with Crippen molar-refractivity contribution >= 4 is 27.4 Å². The van der Waals surface area contributed by atoms with Gasteiger partial charge in [0.1, 0.15) is 10.6 Å². The average molecular weight is 592 g/mol. The Hall–Kier alpha value is -3.71. The van der Waals surface area contributed by atoms with E-state index in [4.69, 9.17) is 9.72 Å². The highest BCUT2D eigenvalue weighted by molar-refractivity contribution is 7.92. The molecule has 0 unspecified atom stereocenters. The summed E-state index contributed by atoms with van der Waals surface area (Å²) >= 11 is 0. The lowest BCUT2D eigenvalue weighted by atomic mass is 10.1. The maximum absolute atomic E-state index is 13.9. The zero-order valence-corrected chi connectivity index (χ0v) is 23.9. The second-order valence-corrected chi connectivity index (χ2v) is 12.6. The number of morpholine rings is 1. The lowest BCUT2D eigenvalue weighted by molar-refractivity contribution is -0.139. The summed E-state index contributed by atoms with van der Waals surface area (Å²) in [7, 11) is -4.60. The number of sulfone groups is 1. The molecule has 2 amide bonds. The van der Waals surface area contributed by atoms with Gasteiger partial charge in [0, 0.05) is 30.4 Å². The van der Waals surface area contributed by atoms with Crippen LogP contribution in [0.25, 0.3) is 11.4 Å². The molecule has 41 heavy (non-hydrogen) atoms. The molecule has 0 saturated carbocycles. The van der Waals surface area contributed by atoms with E-state index in [1.807, 2.05) is 11.8 Å². The van der Waals surface area contributed by atoms with Crippen molar-refractivity contribution in [2.75, 3.05) is 36.5 Å². The van der Waals surface area contributed by atoms with Gasteiger partial charge in [0.25, 0.3) is 0 Å². The van der Waals surface area contributed by atoms with E-state index in [-0.39, 0.29) is 23.6 Å². The molecule has 0 aliphatic carbocycles. The van der Waals surface area contributed by atoms with Crippen LogP contribution in [0.4, 0.5) is 29.5 Å². The molecule has 3 aromatic rings. The molecule has 1 atom stereocenters. The van der Waals surface area contributed by atoms with E-state index in [0.29, 0.717) is 43.4 Å². The third-order valence-corrected chi connectivity index (χ3v) is 9.37. The predicted molar refractivity (Wildman–Crippen MR) is 149 cm³/mol. The summed E-state index contributed by atoms with van der Waals surface area (Å²) in [4.78, 5) is 22.3. The maximum atomic E-state index is 13.9. The minimum absolute atomic E-state index is 0.0395. The van der Waals surface area contributed by atoms with Crippen LogP contribution in [-0.2, 0) is 25.5 Å². The summed E-state index contributed by atoms with van der Waals surface area (Å²) in [5.74, 6) is 0.617. The van der Waals surface area contributed by atoms with Gasteiger partial charge in [-0.2, -0.15) is 13.2 Å². The Labute approximate surface area is 237 Å². The van der Waals surface area contributed by atoms with Gasteiger partial charge >= 0.3 is 12.2 Å². The standard InChI is InChI=1S/C28H32F3N5O4S/c1-5-32-26(37)33-20-12-10-19(11-13-20)25-34-23(16-24(35-25)36-14-15-40-17-18(36)2)27(3,4)41(38,39)22-9-7-6-8-21(22)28(29,30)31/h6-13,16,18H,5,14-15,17H2,1-4H3,(H2,32,33,37)/t18-/m0/s1. The molecule has 1 fully saturated rings. The van der Waals surface area contributed by atoms with E-state index in [1.165, 1.54) is 26.0 Å². The number of alkyl halides is 3. The number of benzene rings is 2. The monoisotopic (exact) mass is 591 g/mol. The third-order valence-electron chi connectivity index (χ3n) is 6.88. The normalized spacial score (nSPS) is 16.4. The second-order valence-electron chi connectivity index (χ2n) is 10.1. The fraction of sp³-hybridized carbons (Fsp3) is 0.393.